The minimum Gasteiger partial charge on any atom is -0.409 e. The number of carbonyl (C=O) groups excluding carboxylic acids is 1. The highest BCUT2D eigenvalue weighted by atomic mass is 127. The molecule has 0 heterocycles. The van der Waals surface area contributed by atoms with Gasteiger partial charge in [0.2, 0.25) is 0 Å². The molecule has 21 heavy (non-hydrogen) atoms. The van der Waals surface area contributed by atoms with E-state index in [4.69, 9.17) is 4.74 Å². The van der Waals surface area contributed by atoms with E-state index in [1.54, 1.807) is 4.90 Å². The standard InChI is InChI=1S/C16H21I2NO2/c1-6-7-12-8-13(17)9-14(18)15(12)21-16(20)19(10(2)3)11(4)5/h6,8-11H,1,7H2,2-5H3. The van der Waals surface area contributed by atoms with Crippen molar-refractivity contribution < 1.29 is 9.53 Å². The Hall–Kier alpha value is -0.310. The Bertz CT molecular complexity index is 519. The Labute approximate surface area is 154 Å². The molecule has 0 radical (unpaired) electrons. The van der Waals surface area contributed by atoms with Gasteiger partial charge in [-0.05, 0) is 91.4 Å². The van der Waals surface area contributed by atoms with Crippen molar-refractivity contribution in [3.8, 4) is 5.75 Å². The molecule has 1 amide bonds. The largest absolute Gasteiger partial charge is 0.415 e. The third-order valence-electron chi connectivity index (χ3n) is 2.96. The van der Waals surface area contributed by atoms with Gasteiger partial charge in [-0.2, -0.15) is 0 Å². The lowest BCUT2D eigenvalue weighted by atomic mass is 10.1. The van der Waals surface area contributed by atoms with Crippen LogP contribution in [0.1, 0.15) is 33.3 Å². The molecule has 0 aliphatic heterocycles. The van der Waals surface area contributed by atoms with Crippen LogP contribution in [0.25, 0.3) is 0 Å². The van der Waals surface area contributed by atoms with Crippen molar-refractivity contribution in [2.24, 2.45) is 0 Å². The molecule has 0 aliphatic carbocycles. The Kier molecular flexibility index (Phi) is 7.46. The van der Waals surface area contributed by atoms with E-state index in [0.29, 0.717) is 12.2 Å². The summed E-state index contributed by atoms with van der Waals surface area (Å²) >= 11 is 4.47. The molecule has 116 valence electrons. The molecule has 0 aliphatic rings. The molecule has 1 aromatic rings. The van der Waals surface area contributed by atoms with Crippen molar-refractivity contribution in [3.05, 3.63) is 37.5 Å². The first-order chi connectivity index (χ1) is 9.77. The van der Waals surface area contributed by atoms with E-state index in [1.165, 1.54) is 0 Å². The third kappa shape index (κ3) is 5.12. The van der Waals surface area contributed by atoms with Gasteiger partial charge in [0.05, 0.1) is 3.57 Å². The number of allylic oxidation sites excluding steroid dienone is 1. The van der Waals surface area contributed by atoms with Crippen molar-refractivity contribution in [2.45, 2.75) is 46.2 Å². The van der Waals surface area contributed by atoms with Gasteiger partial charge in [0.15, 0.2) is 0 Å². The number of hydrogen-bond acceptors (Lipinski definition) is 2. The minimum absolute atomic E-state index is 0.0989. The summed E-state index contributed by atoms with van der Waals surface area (Å²) in [4.78, 5) is 14.2. The minimum atomic E-state index is -0.301. The lowest BCUT2D eigenvalue weighted by molar-refractivity contribution is 0.122. The second-order valence-electron chi connectivity index (χ2n) is 5.33. The van der Waals surface area contributed by atoms with Crippen molar-refractivity contribution in [1.29, 1.82) is 0 Å². The molecule has 0 aromatic heterocycles. The maximum Gasteiger partial charge on any atom is 0.415 e. The molecule has 0 unspecified atom stereocenters. The fourth-order valence-corrected chi connectivity index (χ4v) is 4.27. The topological polar surface area (TPSA) is 29.5 Å². The van der Waals surface area contributed by atoms with Crippen LogP contribution in [0.4, 0.5) is 4.79 Å². The molecule has 0 spiro atoms. The summed E-state index contributed by atoms with van der Waals surface area (Å²) in [5.41, 5.74) is 0.988. The second-order valence-corrected chi connectivity index (χ2v) is 7.74. The molecule has 3 nitrogen and oxygen atoms in total. The normalized spacial score (nSPS) is 10.9. The van der Waals surface area contributed by atoms with Crippen molar-refractivity contribution in [1.82, 2.24) is 4.90 Å². The predicted molar refractivity (Wildman–Crippen MR) is 104 cm³/mol. The molecular formula is C16H21I2NO2. The number of amides is 1. The SMILES string of the molecule is C=CCc1cc(I)cc(I)c1OC(=O)N(C(C)C)C(C)C. The van der Waals surface area contributed by atoms with Gasteiger partial charge < -0.3 is 9.64 Å². The molecule has 1 rings (SSSR count). The van der Waals surface area contributed by atoms with Crippen LogP contribution in [0.15, 0.2) is 24.8 Å². The monoisotopic (exact) mass is 513 g/mol. The van der Waals surface area contributed by atoms with Crippen LogP contribution < -0.4 is 4.74 Å². The molecule has 0 atom stereocenters. The maximum atomic E-state index is 12.5. The molecule has 0 saturated heterocycles. The van der Waals surface area contributed by atoms with Crippen LogP contribution in [0.3, 0.4) is 0 Å². The highest BCUT2D eigenvalue weighted by Crippen LogP contribution is 2.30. The zero-order valence-electron chi connectivity index (χ0n) is 12.8. The summed E-state index contributed by atoms with van der Waals surface area (Å²) in [6, 6.07) is 4.23. The van der Waals surface area contributed by atoms with E-state index in [2.05, 4.69) is 51.8 Å². The number of nitrogens with zero attached hydrogens (tertiary/aromatic N) is 1. The summed E-state index contributed by atoms with van der Waals surface area (Å²) in [7, 11) is 0. The lowest BCUT2D eigenvalue weighted by Gasteiger charge is -2.30. The van der Waals surface area contributed by atoms with E-state index in [9.17, 15) is 4.79 Å². The molecule has 0 bridgehead atoms. The Morgan fingerprint density at radius 1 is 1.29 bits per heavy atom. The highest BCUT2D eigenvalue weighted by Gasteiger charge is 2.24. The van der Waals surface area contributed by atoms with E-state index >= 15 is 0 Å². The van der Waals surface area contributed by atoms with Gasteiger partial charge >= 0.3 is 6.09 Å². The van der Waals surface area contributed by atoms with Crippen LogP contribution in [-0.4, -0.2) is 23.1 Å². The van der Waals surface area contributed by atoms with Gasteiger partial charge in [-0.3, -0.25) is 0 Å². The quantitative estimate of drug-likeness (QED) is 0.399. The molecule has 0 N–H and O–H groups in total. The molecule has 1 aromatic carbocycles. The van der Waals surface area contributed by atoms with Crippen molar-refractivity contribution in [3.63, 3.8) is 0 Å². The van der Waals surface area contributed by atoms with Crippen LogP contribution in [0, 0.1) is 7.14 Å². The second kappa shape index (κ2) is 8.36. The Balaban J connectivity index is 3.11. The average molecular weight is 513 g/mol. The van der Waals surface area contributed by atoms with E-state index < -0.39 is 0 Å². The number of hydrogen-bond donors (Lipinski definition) is 0. The van der Waals surface area contributed by atoms with Gasteiger partial charge in [-0.25, -0.2) is 4.79 Å². The average Bonchev–Trinajstić information content (AvgIpc) is 2.32. The molecule has 5 heteroatoms. The van der Waals surface area contributed by atoms with Crippen LogP contribution in [0.5, 0.6) is 5.75 Å². The van der Waals surface area contributed by atoms with Gasteiger partial charge in [0.1, 0.15) is 5.75 Å². The van der Waals surface area contributed by atoms with E-state index in [0.717, 1.165) is 12.7 Å². The van der Waals surface area contributed by atoms with Gasteiger partial charge in [-0.15, -0.1) is 6.58 Å². The zero-order valence-corrected chi connectivity index (χ0v) is 17.1. The Morgan fingerprint density at radius 3 is 2.33 bits per heavy atom. The summed E-state index contributed by atoms with van der Waals surface area (Å²) in [6.45, 7) is 11.7. The summed E-state index contributed by atoms with van der Waals surface area (Å²) in [5.74, 6) is 0.646. The fraction of sp³-hybridized carbons (Fsp3) is 0.438. The highest BCUT2D eigenvalue weighted by molar-refractivity contribution is 14.1. The molecule has 0 fully saturated rings. The van der Waals surface area contributed by atoms with Crippen LogP contribution >= 0.6 is 45.2 Å². The van der Waals surface area contributed by atoms with Gasteiger partial charge in [0.25, 0.3) is 0 Å². The van der Waals surface area contributed by atoms with Crippen LogP contribution in [0.2, 0.25) is 0 Å². The number of rotatable bonds is 5. The predicted octanol–water partition coefficient (Wildman–Crippen LogP) is 5.24. The number of carbonyl (C=O) groups is 1. The first-order valence-electron chi connectivity index (χ1n) is 6.86. The van der Waals surface area contributed by atoms with Gasteiger partial charge in [0, 0.05) is 21.2 Å². The lowest BCUT2D eigenvalue weighted by Crippen LogP contribution is -2.43. The van der Waals surface area contributed by atoms with Crippen molar-refractivity contribution >= 4 is 51.3 Å². The van der Waals surface area contributed by atoms with E-state index in [1.807, 2.05) is 45.9 Å². The number of halogens is 2. The zero-order chi connectivity index (χ0) is 16.2. The summed E-state index contributed by atoms with van der Waals surface area (Å²) < 4.78 is 7.76. The smallest absolute Gasteiger partial charge is 0.409 e. The van der Waals surface area contributed by atoms with Crippen LogP contribution in [-0.2, 0) is 6.42 Å². The van der Waals surface area contributed by atoms with Gasteiger partial charge in [-0.1, -0.05) is 6.08 Å². The molecule has 0 saturated carbocycles. The Morgan fingerprint density at radius 2 is 1.86 bits per heavy atom. The fourth-order valence-electron chi connectivity index (χ4n) is 2.19. The summed E-state index contributed by atoms with van der Waals surface area (Å²) in [5, 5.41) is 0. The number of ether oxygens (including phenoxy) is 1. The number of benzene rings is 1. The third-order valence-corrected chi connectivity index (χ3v) is 4.39. The first kappa shape index (κ1) is 18.7. The maximum absolute atomic E-state index is 12.5. The van der Waals surface area contributed by atoms with E-state index in [-0.39, 0.29) is 18.2 Å². The van der Waals surface area contributed by atoms with Crippen molar-refractivity contribution in [2.75, 3.05) is 0 Å². The molecular weight excluding hydrogens is 492 g/mol. The summed E-state index contributed by atoms with van der Waals surface area (Å²) in [6.07, 6.45) is 2.20. The first-order valence-corrected chi connectivity index (χ1v) is 9.02.